The Hall–Kier alpha value is -2.22. The SMILES string of the molecule is CCC(CC)c1nnc(NC(=O)C(C)NC(=O)c2ccco2)s1. The van der Waals surface area contributed by atoms with Gasteiger partial charge in [0.1, 0.15) is 11.0 Å². The molecule has 0 saturated heterocycles. The molecule has 0 bridgehead atoms. The standard InChI is InChI=1S/C15H20N4O3S/c1-4-10(5-2)14-18-19-15(23-14)17-12(20)9(3)16-13(21)11-7-6-8-22-11/h6-10H,4-5H2,1-3H3,(H,16,21)(H,17,19,20). The van der Waals surface area contributed by atoms with Crippen LogP contribution in [0.1, 0.15) is 55.1 Å². The van der Waals surface area contributed by atoms with Crippen LogP contribution in [0.25, 0.3) is 0 Å². The van der Waals surface area contributed by atoms with Gasteiger partial charge in [0, 0.05) is 5.92 Å². The molecule has 124 valence electrons. The van der Waals surface area contributed by atoms with Gasteiger partial charge in [0.15, 0.2) is 5.76 Å². The minimum atomic E-state index is -0.715. The minimum absolute atomic E-state index is 0.164. The van der Waals surface area contributed by atoms with Crippen LogP contribution in [0.2, 0.25) is 0 Å². The first kappa shape index (κ1) is 17.1. The number of carbonyl (C=O) groups excluding carboxylic acids is 2. The van der Waals surface area contributed by atoms with Gasteiger partial charge in [-0.15, -0.1) is 10.2 Å². The number of furan rings is 1. The maximum Gasteiger partial charge on any atom is 0.287 e. The second-order valence-electron chi connectivity index (χ2n) is 5.12. The molecule has 0 aliphatic rings. The van der Waals surface area contributed by atoms with Crippen molar-refractivity contribution in [3.63, 3.8) is 0 Å². The van der Waals surface area contributed by atoms with Crippen LogP contribution in [0.4, 0.5) is 5.13 Å². The Kier molecular flexibility index (Phi) is 5.86. The van der Waals surface area contributed by atoms with Gasteiger partial charge in [-0.05, 0) is 31.9 Å². The van der Waals surface area contributed by atoms with Gasteiger partial charge in [-0.2, -0.15) is 0 Å². The van der Waals surface area contributed by atoms with Gasteiger partial charge >= 0.3 is 0 Å². The lowest BCUT2D eigenvalue weighted by Crippen LogP contribution is -2.41. The highest BCUT2D eigenvalue weighted by molar-refractivity contribution is 7.15. The number of hydrogen-bond acceptors (Lipinski definition) is 6. The van der Waals surface area contributed by atoms with Crippen LogP contribution >= 0.6 is 11.3 Å². The summed E-state index contributed by atoms with van der Waals surface area (Å²) in [7, 11) is 0. The molecule has 2 aromatic rings. The summed E-state index contributed by atoms with van der Waals surface area (Å²) in [5.41, 5.74) is 0. The molecule has 0 fully saturated rings. The van der Waals surface area contributed by atoms with E-state index >= 15 is 0 Å². The van der Waals surface area contributed by atoms with Crippen molar-refractivity contribution in [3.05, 3.63) is 29.2 Å². The molecule has 2 rings (SSSR count). The number of anilines is 1. The smallest absolute Gasteiger partial charge is 0.287 e. The fraction of sp³-hybridized carbons (Fsp3) is 0.467. The first-order chi connectivity index (χ1) is 11.0. The van der Waals surface area contributed by atoms with E-state index in [4.69, 9.17) is 4.42 Å². The van der Waals surface area contributed by atoms with Gasteiger partial charge in [0.05, 0.1) is 6.26 Å². The zero-order valence-corrected chi connectivity index (χ0v) is 14.1. The summed E-state index contributed by atoms with van der Waals surface area (Å²) in [6, 6.07) is 2.43. The molecule has 8 heteroatoms. The number of hydrogen-bond donors (Lipinski definition) is 2. The van der Waals surface area contributed by atoms with E-state index in [9.17, 15) is 9.59 Å². The van der Waals surface area contributed by atoms with Gasteiger partial charge in [-0.1, -0.05) is 25.2 Å². The summed E-state index contributed by atoms with van der Waals surface area (Å²) in [5.74, 6) is -0.268. The first-order valence-corrected chi connectivity index (χ1v) is 8.35. The molecule has 2 N–H and O–H groups in total. The maximum absolute atomic E-state index is 12.1. The van der Waals surface area contributed by atoms with Crippen molar-refractivity contribution in [2.45, 2.75) is 45.6 Å². The van der Waals surface area contributed by atoms with Crippen LogP contribution in [0, 0.1) is 0 Å². The molecule has 1 atom stereocenters. The van der Waals surface area contributed by atoms with Crippen molar-refractivity contribution in [2.75, 3.05) is 5.32 Å². The predicted octanol–water partition coefficient (Wildman–Crippen LogP) is 2.79. The Morgan fingerprint density at radius 2 is 2.04 bits per heavy atom. The number of aromatic nitrogens is 2. The summed E-state index contributed by atoms with van der Waals surface area (Å²) in [6.45, 7) is 5.79. The average Bonchev–Trinajstić information content (AvgIpc) is 3.20. The van der Waals surface area contributed by atoms with Gasteiger partial charge in [-0.3, -0.25) is 14.9 Å². The maximum atomic E-state index is 12.1. The molecule has 2 heterocycles. The number of nitrogens with zero attached hydrogens (tertiary/aromatic N) is 2. The Morgan fingerprint density at radius 1 is 1.30 bits per heavy atom. The summed E-state index contributed by atoms with van der Waals surface area (Å²) < 4.78 is 4.98. The van der Waals surface area contributed by atoms with Crippen LogP contribution in [-0.2, 0) is 4.79 Å². The molecule has 0 radical (unpaired) electrons. The van der Waals surface area contributed by atoms with Gasteiger partial charge in [-0.25, -0.2) is 0 Å². The Balaban J connectivity index is 1.92. The molecule has 0 saturated carbocycles. The van der Waals surface area contributed by atoms with Crippen LogP contribution in [0.15, 0.2) is 22.8 Å². The van der Waals surface area contributed by atoms with E-state index in [0.717, 1.165) is 17.8 Å². The summed E-state index contributed by atoms with van der Waals surface area (Å²) in [5, 5.41) is 14.7. The van der Waals surface area contributed by atoms with Crippen LogP contribution in [0.3, 0.4) is 0 Å². The Bertz CT molecular complexity index is 649. The van der Waals surface area contributed by atoms with Gasteiger partial charge < -0.3 is 9.73 Å². The average molecular weight is 336 g/mol. The molecule has 2 amide bonds. The Labute approximate surface area is 138 Å². The largest absolute Gasteiger partial charge is 0.459 e. The van der Waals surface area contributed by atoms with Crippen LogP contribution in [-0.4, -0.2) is 28.1 Å². The van der Waals surface area contributed by atoms with Crippen molar-refractivity contribution in [3.8, 4) is 0 Å². The monoisotopic (exact) mass is 336 g/mol. The molecule has 1 unspecified atom stereocenters. The molecular weight excluding hydrogens is 316 g/mol. The number of rotatable bonds is 7. The van der Waals surface area contributed by atoms with Crippen molar-refractivity contribution in [1.29, 1.82) is 0 Å². The molecule has 0 spiro atoms. The molecule has 7 nitrogen and oxygen atoms in total. The predicted molar refractivity (Wildman–Crippen MR) is 87.5 cm³/mol. The third-order valence-corrected chi connectivity index (χ3v) is 4.49. The van der Waals surface area contributed by atoms with E-state index in [1.54, 1.807) is 13.0 Å². The van der Waals surface area contributed by atoms with E-state index < -0.39 is 11.9 Å². The highest BCUT2D eigenvalue weighted by Gasteiger charge is 2.20. The van der Waals surface area contributed by atoms with E-state index in [-0.39, 0.29) is 11.7 Å². The highest BCUT2D eigenvalue weighted by Crippen LogP contribution is 2.28. The quantitative estimate of drug-likeness (QED) is 0.810. The molecule has 0 aromatic carbocycles. The lowest BCUT2D eigenvalue weighted by molar-refractivity contribution is -0.117. The molecule has 23 heavy (non-hydrogen) atoms. The zero-order chi connectivity index (χ0) is 16.8. The second kappa shape index (κ2) is 7.87. The van der Waals surface area contributed by atoms with E-state index in [1.807, 2.05) is 0 Å². The first-order valence-electron chi connectivity index (χ1n) is 7.53. The highest BCUT2D eigenvalue weighted by atomic mass is 32.1. The third kappa shape index (κ3) is 4.38. The number of carbonyl (C=O) groups is 2. The topological polar surface area (TPSA) is 97.1 Å². The van der Waals surface area contributed by atoms with Crippen molar-refractivity contribution in [2.24, 2.45) is 0 Å². The summed E-state index contributed by atoms with van der Waals surface area (Å²) in [6.07, 6.45) is 3.36. The fourth-order valence-electron chi connectivity index (χ4n) is 2.04. The van der Waals surface area contributed by atoms with E-state index in [1.165, 1.54) is 23.7 Å². The Morgan fingerprint density at radius 3 is 2.65 bits per heavy atom. The summed E-state index contributed by atoms with van der Waals surface area (Å²) in [4.78, 5) is 24.0. The normalized spacial score (nSPS) is 12.2. The second-order valence-corrected chi connectivity index (χ2v) is 6.13. The summed E-state index contributed by atoms with van der Waals surface area (Å²) >= 11 is 1.37. The van der Waals surface area contributed by atoms with Gasteiger partial charge in [0.25, 0.3) is 5.91 Å². The zero-order valence-electron chi connectivity index (χ0n) is 13.3. The van der Waals surface area contributed by atoms with Crippen molar-refractivity contribution < 1.29 is 14.0 Å². The van der Waals surface area contributed by atoms with Crippen molar-refractivity contribution in [1.82, 2.24) is 15.5 Å². The molecular formula is C15H20N4O3S. The van der Waals surface area contributed by atoms with Crippen molar-refractivity contribution >= 4 is 28.3 Å². The van der Waals surface area contributed by atoms with Crippen LogP contribution < -0.4 is 10.6 Å². The fourth-order valence-corrected chi connectivity index (χ4v) is 3.06. The van der Waals surface area contributed by atoms with Gasteiger partial charge in [0.2, 0.25) is 11.0 Å². The molecule has 2 aromatic heterocycles. The molecule has 0 aliphatic heterocycles. The lowest BCUT2D eigenvalue weighted by Gasteiger charge is -2.11. The third-order valence-electron chi connectivity index (χ3n) is 3.49. The van der Waals surface area contributed by atoms with E-state index in [0.29, 0.717) is 11.0 Å². The number of nitrogens with one attached hydrogen (secondary N) is 2. The van der Waals surface area contributed by atoms with E-state index in [2.05, 4.69) is 34.7 Å². The minimum Gasteiger partial charge on any atom is -0.459 e. The molecule has 0 aliphatic carbocycles. The van der Waals surface area contributed by atoms with Crippen LogP contribution in [0.5, 0.6) is 0 Å². The number of amides is 2. The lowest BCUT2D eigenvalue weighted by atomic mass is 10.1.